The van der Waals surface area contributed by atoms with E-state index in [-0.39, 0.29) is 5.95 Å². The van der Waals surface area contributed by atoms with Gasteiger partial charge in [0.1, 0.15) is 5.76 Å². The summed E-state index contributed by atoms with van der Waals surface area (Å²) in [5.41, 5.74) is 0.913. The Labute approximate surface area is 143 Å². The second kappa shape index (κ2) is 7.39. The number of esters is 1. The zero-order valence-corrected chi connectivity index (χ0v) is 13.7. The second-order valence-corrected chi connectivity index (χ2v) is 5.00. The van der Waals surface area contributed by atoms with Gasteiger partial charge >= 0.3 is 5.97 Å². The minimum absolute atomic E-state index is 0.224. The molecule has 9 nitrogen and oxygen atoms in total. The number of aromatic nitrogens is 4. The van der Waals surface area contributed by atoms with E-state index in [2.05, 4.69) is 31.0 Å². The van der Waals surface area contributed by atoms with Crippen LogP contribution in [0.2, 0.25) is 0 Å². The first-order valence-corrected chi connectivity index (χ1v) is 7.59. The lowest BCUT2D eigenvalue weighted by Crippen LogP contribution is -2.09. The molecule has 3 rings (SSSR count). The first kappa shape index (κ1) is 16.4. The summed E-state index contributed by atoms with van der Waals surface area (Å²) in [5, 5.41) is 17.6. The van der Waals surface area contributed by atoms with Crippen LogP contribution >= 0.6 is 0 Å². The molecule has 0 aliphatic heterocycles. The van der Waals surface area contributed by atoms with Gasteiger partial charge in [-0.3, -0.25) is 0 Å². The Balaban J connectivity index is 1.80. The molecule has 2 heterocycles. The van der Waals surface area contributed by atoms with E-state index in [0.29, 0.717) is 35.3 Å². The minimum Gasteiger partial charge on any atom is -0.462 e. The normalized spacial score (nSPS) is 10.3. The third-order valence-corrected chi connectivity index (χ3v) is 3.11. The molecule has 0 aliphatic rings. The van der Waals surface area contributed by atoms with Crippen molar-refractivity contribution in [2.24, 2.45) is 0 Å². The second-order valence-electron chi connectivity index (χ2n) is 5.00. The molecule has 0 saturated carbocycles. The molecule has 0 saturated heterocycles. The number of para-hydroxylation sites is 1. The van der Waals surface area contributed by atoms with E-state index in [0.717, 1.165) is 0 Å². The van der Waals surface area contributed by atoms with Crippen molar-refractivity contribution in [2.45, 2.75) is 13.8 Å². The smallest absolute Gasteiger partial charge is 0.340 e. The zero-order chi connectivity index (χ0) is 17.6. The van der Waals surface area contributed by atoms with Gasteiger partial charge in [0, 0.05) is 6.07 Å². The van der Waals surface area contributed by atoms with E-state index in [9.17, 15) is 4.79 Å². The van der Waals surface area contributed by atoms with Gasteiger partial charge in [0.05, 0.1) is 24.1 Å². The summed E-state index contributed by atoms with van der Waals surface area (Å²) in [5.74, 6) is 1.41. The monoisotopic (exact) mass is 340 g/mol. The summed E-state index contributed by atoms with van der Waals surface area (Å²) in [6.07, 6.45) is 1.45. The molecule has 2 N–H and O–H groups in total. The quantitative estimate of drug-likeness (QED) is 0.653. The molecule has 0 spiro atoms. The summed E-state index contributed by atoms with van der Waals surface area (Å²) in [7, 11) is 0. The van der Waals surface area contributed by atoms with Crippen molar-refractivity contribution in [3.05, 3.63) is 47.9 Å². The van der Waals surface area contributed by atoms with Gasteiger partial charge in [0.15, 0.2) is 11.6 Å². The third-order valence-electron chi connectivity index (χ3n) is 3.11. The number of rotatable bonds is 6. The number of hydrogen-bond acceptors (Lipinski definition) is 9. The predicted molar refractivity (Wildman–Crippen MR) is 90.0 cm³/mol. The van der Waals surface area contributed by atoms with E-state index in [1.165, 1.54) is 6.20 Å². The molecule has 0 atom stereocenters. The van der Waals surface area contributed by atoms with Crippen molar-refractivity contribution in [3.8, 4) is 0 Å². The number of nitrogens with one attached hydrogen (secondary N) is 2. The average Bonchev–Trinajstić information content (AvgIpc) is 3.01. The fourth-order valence-electron chi connectivity index (χ4n) is 2.07. The van der Waals surface area contributed by atoms with Gasteiger partial charge in [-0.2, -0.15) is 10.1 Å². The molecule has 0 unspecified atom stereocenters. The molecule has 25 heavy (non-hydrogen) atoms. The van der Waals surface area contributed by atoms with Crippen LogP contribution in [0.1, 0.15) is 23.0 Å². The molecule has 0 fully saturated rings. The third kappa shape index (κ3) is 4.08. The number of aryl methyl sites for hydroxylation is 1. The van der Waals surface area contributed by atoms with Crippen LogP contribution < -0.4 is 10.6 Å². The van der Waals surface area contributed by atoms with Gasteiger partial charge in [-0.15, -0.1) is 5.10 Å². The highest BCUT2D eigenvalue weighted by molar-refractivity contribution is 5.96. The van der Waals surface area contributed by atoms with Crippen LogP contribution in [0.3, 0.4) is 0 Å². The number of benzene rings is 1. The molecule has 0 amide bonds. The van der Waals surface area contributed by atoms with Gasteiger partial charge in [0.25, 0.3) is 0 Å². The van der Waals surface area contributed by atoms with Crippen molar-refractivity contribution in [1.82, 2.24) is 20.3 Å². The molecule has 0 bridgehead atoms. The summed E-state index contributed by atoms with van der Waals surface area (Å²) >= 11 is 0. The number of carbonyl (C=O) groups is 1. The van der Waals surface area contributed by atoms with Crippen LogP contribution in [0, 0.1) is 6.92 Å². The maximum Gasteiger partial charge on any atom is 0.340 e. The summed E-state index contributed by atoms with van der Waals surface area (Å²) in [6, 6.07) is 8.66. The predicted octanol–water partition coefficient (Wildman–Crippen LogP) is 2.83. The lowest BCUT2D eigenvalue weighted by atomic mass is 10.2. The number of nitrogens with zero attached hydrogens (tertiary/aromatic N) is 4. The highest BCUT2D eigenvalue weighted by atomic mass is 16.5. The lowest BCUT2D eigenvalue weighted by molar-refractivity contribution is 0.0527. The van der Waals surface area contributed by atoms with E-state index in [4.69, 9.17) is 9.26 Å². The summed E-state index contributed by atoms with van der Waals surface area (Å²) in [4.78, 5) is 16.3. The van der Waals surface area contributed by atoms with Crippen LogP contribution in [0.15, 0.2) is 41.1 Å². The van der Waals surface area contributed by atoms with Gasteiger partial charge in [-0.1, -0.05) is 17.3 Å². The van der Waals surface area contributed by atoms with Gasteiger partial charge in [0.2, 0.25) is 5.95 Å². The van der Waals surface area contributed by atoms with Crippen LogP contribution in [0.25, 0.3) is 0 Å². The van der Waals surface area contributed by atoms with E-state index >= 15 is 0 Å². The Kier molecular flexibility index (Phi) is 4.84. The molecular formula is C16H16N6O3. The molecule has 128 valence electrons. The largest absolute Gasteiger partial charge is 0.462 e. The highest BCUT2D eigenvalue weighted by Gasteiger charge is 2.13. The van der Waals surface area contributed by atoms with Gasteiger partial charge in [-0.05, 0) is 26.0 Å². The summed E-state index contributed by atoms with van der Waals surface area (Å²) < 4.78 is 10.0. The van der Waals surface area contributed by atoms with Crippen LogP contribution in [-0.4, -0.2) is 32.9 Å². The van der Waals surface area contributed by atoms with Crippen molar-refractivity contribution in [1.29, 1.82) is 0 Å². The minimum atomic E-state index is -0.425. The first-order chi connectivity index (χ1) is 12.2. The Morgan fingerprint density at radius 3 is 2.84 bits per heavy atom. The number of hydrogen-bond donors (Lipinski definition) is 2. The molecule has 0 radical (unpaired) electrons. The molecule has 3 aromatic rings. The SMILES string of the molecule is CCOC(=O)c1ccccc1Nc1nncc(Nc2cc(C)on2)n1. The maximum atomic E-state index is 12.0. The Bertz CT molecular complexity index is 880. The maximum absolute atomic E-state index is 12.0. The topological polar surface area (TPSA) is 115 Å². The first-order valence-electron chi connectivity index (χ1n) is 7.59. The standard InChI is InChI=1S/C16H16N6O3/c1-3-24-15(23)11-6-4-5-7-12(11)18-16-20-14(9-17-21-16)19-13-8-10(2)25-22-13/h4-9H,3H2,1-2H3,(H2,18,19,20,21,22). The fourth-order valence-corrected chi connectivity index (χ4v) is 2.07. The highest BCUT2D eigenvalue weighted by Crippen LogP contribution is 2.20. The van der Waals surface area contributed by atoms with Crippen LogP contribution in [-0.2, 0) is 4.74 Å². The Morgan fingerprint density at radius 2 is 2.08 bits per heavy atom. The van der Waals surface area contributed by atoms with E-state index in [1.807, 2.05) is 0 Å². The number of carbonyl (C=O) groups excluding carboxylic acids is 1. The van der Waals surface area contributed by atoms with Crippen LogP contribution in [0.5, 0.6) is 0 Å². The molecule has 1 aromatic carbocycles. The summed E-state index contributed by atoms with van der Waals surface area (Å²) in [6.45, 7) is 3.83. The molecule has 0 aliphatic carbocycles. The van der Waals surface area contributed by atoms with E-state index < -0.39 is 5.97 Å². The Morgan fingerprint density at radius 1 is 1.24 bits per heavy atom. The van der Waals surface area contributed by atoms with Gasteiger partial charge in [-0.25, -0.2) is 4.79 Å². The van der Waals surface area contributed by atoms with Crippen molar-refractivity contribution in [2.75, 3.05) is 17.2 Å². The van der Waals surface area contributed by atoms with Gasteiger partial charge < -0.3 is 19.9 Å². The van der Waals surface area contributed by atoms with Crippen molar-refractivity contribution in [3.63, 3.8) is 0 Å². The Hall–Kier alpha value is -3.49. The number of ether oxygens (including phenoxy) is 1. The zero-order valence-electron chi connectivity index (χ0n) is 13.7. The van der Waals surface area contributed by atoms with Crippen molar-refractivity contribution >= 4 is 29.2 Å². The molecular weight excluding hydrogens is 324 g/mol. The fraction of sp³-hybridized carbons (Fsp3) is 0.188. The molecule has 2 aromatic heterocycles. The average molecular weight is 340 g/mol. The van der Waals surface area contributed by atoms with Crippen LogP contribution in [0.4, 0.5) is 23.3 Å². The van der Waals surface area contributed by atoms with Crippen molar-refractivity contribution < 1.29 is 14.1 Å². The molecule has 9 heteroatoms. The lowest BCUT2D eigenvalue weighted by Gasteiger charge is -2.10. The number of anilines is 4. The van der Waals surface area contributed by atoms with E-state index in [1.54, 1.807) is 44.2 Å².